The molecule has 1 aromatic carbocycles. The lowest BCUT2D eigenvalue weighted by atomic mass is 10.1. The Morgan fingerprint density at radius 1 is 1.19 bits per heavy atom. The summed E-state index contributed by atoms with van der Waals surface area (Å²) in [6, 6.07) is 7.90. The quantitative estimate of drug-likeness (QED) is 0.630. The number of imidazole rings is 1. The number of nitrogens with zero attached hydrogens (tertiary/aromatic N) is 4. The van der Waals surface area contributed by atoms with Crippen LogP contribution in [-0.2, 0) is 0 Å². The van der Waals surface area contributed by atoms with Gasteiger partial charge in [0.1, 0.15) is 5.52 Å². The van der Waals surface area contributed by atoms with Crippen LogP contribution in [0.4, 0.5) is 17.6 Å². The Kier molecular flexibility index (Phi) is 4.65. The summed E-state index contributed by atoms with van der Waals surface area (Å²) >= 11 is 6.00. The van der Waals surface area contributed by atoms with E-state index in [9.17, 15) is 0 Å². The maximum absolute atomic E-state index is 6.00. The van der Waals surface area contributed by atoms with Crippen LogP contribution in [0.2, 0.25) is 5.02 Å². The van der Waals surface area contributed by atoms with E-state index in [0.29, 0.717) is 17.0 Å². The minimum atomic E-state index is -0.113. The average molecular weight is 386 g/mol. The first-order valence-corrected chi connectivity index (χ1v) is 9.53. The van der Waals surface area contributed by atoms with E-state index >= 15 is 0 Å². The van der Waals surface area contributed by atoms with Gasteiger partial charge in [-0.05, 0) is 58.0 Å². The molecule has 0 amide bonds. The molecule has 0 spiro atoms. The molecule has 0 saturated carbocycles. The number of aromatic nitrogens is 4. The summed E-state index contributed by atoms with van der Waals surface area (Å²) in [6.07, 6.45) is 2.81. The average Bonchev–Trinajstić information content (AvgIpc) is 3.22. The lowest BCUT2D eigenvalue weighted by Gasteiger charge is -2.20. The van der Waals surface area contributed by atoms with Crippen LogP contribution in [0.15, 0.2) is 30.5 Å². The van der Waals surface area contributed by atoms with Crippen molar-refractivity contribution in [1.29, 1.82) is 0 Å². The molecule has 0 aliphatic carbocycles. The van der Waals surface area contributed by atoms with Crippen LogP contribution in [-0.4, -0.2) is 38.1 Å². The molecule has 142 valence electrons. The van der Waals surface area contributed by atoms with Crippen LogP contribution in [0.5, 0.6) is 0 Å². The highest BCUT2D eigenvalue weighted by molar-refractivity contribution is 6.30. The summed E-state index contributed by atoms with van der Waals surface area (Å²) in [6.45, 7) is 8.15. The summed E-state index contributed by atoms with van der Waals surface area (Å²) in [5, 5.41) is 10.9. The Balaban J connectivity index is 1.77. The monoisotopic (exact) mass is 385 g/mol. The molecule has 4 rings (SSSR count). The van der Waals surface area contributed by atoms with Crippen LogP contribution in [0.3, 0.4) is 0 Å². The van der Waals surface area contributed by atoms with Crippen LogP contribution >= 0.6 is 11.6 Å². The summed E-state index contributed by atoms with van der Waals surface area (Å²) in [5.74, 6) is 1.38. The summed E-state index contributed by atoms with van der Waals surface area (Å²) in [7, 11) is 0. The Bertz CT molecular complexity index is 937. The summed E-state index contributed by atoms with van der Waals surface area (Å²) in [5.41, 5.74) is 2.43. The fourth-order valence-electron chi connectivity index (χ4n) is 3.24. The molecule has 7 nitrogen and oxygen atoms in total. The standard InChI is InChI=1S/C19H24ClN7/c1-19(2,3)26-17-22-11-15-16(25-17)27(14-8-9-21-10-14)18(24-15)23-13-6-4-12(20)5-7-13/h4-7,11,14,21H,8-10H2,1-3H3,(H,23,24)(H,22,25,26). The Hall–Kier alpha value is -2.38. The second kappa shape index (κ2) is 6.98. The van der Waals surface area contributed by atoms with Crippen molar-refractivity contribution in [1.82, 2.24) is 24.8 Å². The van der Waals surface area contributed by atoms with Crippen molar-refractivity contribution in [3.8, 4) is 0 Å². The van der Waals surface area contributed by atoms with Crippen molar-refractivity contribution < 1.29 is 0 Å². The van der Waals surface area contributed by atoms with Gasteiger partial charge >= 0.3 is 0 Å². The molecule has 1 atom stereocenters. The minimum Gasteiger partial charge on any atom is -0.350 e. The van der Waals surface area contributed by atoms with Gasteiger partial charge in [0.15, 0.2) is 5.65 Å². The highest BCUT2D eigenvalue weighted by Crippen LogP contribution is 2.29. The van der Waals surface area contributed by atoms with E-state index < -0.39 is 0 Å². The fourth-order valence-corrected chi connectivity index (χ4v) is 3.37. The highest BCUT2D eigenvalue weighted by Gasteiger charge is 2.24. The van der Waals surface area contributed by atoms with Gasteiger partial charge in [-0.1, -0.05) is 11.6 Å². The smallest absolute Gasteiger partial charge is 0.225 e. The number of anilines is 3. The lowest BCUT2D eigenvalue weighted by molar-refractivity contribution is 0.564. The van der Waals surface area contributed by atoms with E-state index in [4.69, 9.17) is 21.6 Å². The third-order valence-electron chi connectivity index (χ3n) is 4.42. The number of rotatable bonds is 4. The predicted octanol–water partition coefficient (Wildman–Crippen LogP) is 3.97. The van der Waals surface area contributed by atoms with Crippen molar-refractivity contribution in [2.24, 2.45) is 0 Å². The van der Waals surface area contributed by atoms with Gasteiger partial charge in [-0.25, -0.2) is 9.97 Å². The topological polar surface area (TPSA) is 79.7 Å². The van der Waals surface area contributed by atoms with Gasteiger partial charge in [-0.3, -0.25) is 4.57 Å². The molecule has 3 heterocycles. The normalized spacial score (nSPS) is 17.4. The molecule has 0 bridgehead atoms. The first kappa shape index (κ1) is 18.0. The Morgan fingerprint density at radius 2 is 1.96 bits per heavy atom. The van der Waals surface area contributed by atoms with E-state index in [-0.39, 0.29) is 5.54 Å². The van der Waals surface area contributed by atoms with Gasteiger partial charge in [0.25, 0.3) is 0 Å². The molecule has 1 fully saturated rings. The van der Waals surface area contributed by atoms with Crippen LogP contribution in [0, 0.1) is 0 Å². The molecular weight excluding hydrogens is 362 g/mol. The van der Waals surface area contributed by atoms with Gasteiger partial charge in [0.05, 0.1) is 12.2 Å². The second-order valence-electron chi connectivity index (χ2n) is 7.86. The Labute approximate surface area is 163 Å². The number of halogens is 1. The van der Waals surface area contributed by atoms with Crippen molar-refractivity contribution >= 4 is 40.3 Å². The summed E-state index contributed by atoms with van der Waals surface area (Å²) in [4.78, 5) is 14.0. The maximum Gasteiger partial charge on any atom is 0.225 e. The number of benzene rings is 1. The maximum atomic E-state index is 6.00. The minimum absolute atomic E-state index is 0.113. The third kappa shape index (κ3) is 3.99. The number of hydrogen-bond donors (Lipinski definition) is 3. The van der Waals surface area contributed by atoms with Crippen LogP contribution < -0.4 is 16.0 Å². The van der Waals surface area contributed by atoms with Crippen molar-refractivity contribution in [2.45, 2.75) is 38.8 Å². The second-order valence-corrected chi connectivity index (χ2v) is 8.30. The van der Waals surface area contributed by atoms with Crippen molar-refractivity contribution in [3.63, 3.8) is 0 Å². The molecule has 3 aromatic rings. The molecular formula is C19H24ClN7. The highest BCUT2D eigenvalue weighted by atomic mass is 35.5. The first-order chi connectivity index (χ1) is 12.9. The molecule has 1 aliphatic rings. The lowest BCUT2D eigenvalue weighted by Crippen LogP contribution is -2.27. The summed E-state index contributed by atoms with van der Waals surface area (Å²) < 4.78 is 2.18. The van der Waals surface area contributed by atoms with E-state index in [0.717, 1.165) is 42.3 Å². The fraction of sp³-hybridized carbons (Fsp3) is 0.421. The van der Waals surface area contributed by atoms with E-state index in [1.165, 1.54) is 0 Å². The van der Waals surface area contributed by atoms with E-state index in [2.05, 4.69) is 46.3 Å². The number of fused-ring (bicyclic) bond motifs is 1. The van der Waals surface area contributed by atoms with Gasteiger partial charge in [0, 0.05) is 22.8 Å². The van der Waals surface area contributed by atoms with Gasteiger partial charge in [-0.15, -0.1) is 0 Å². The van der Waals surface area contributed by atoms with E-state index in [1.807, 2.05) is 24.3 Å². The molecule has 1 unspecified atom stereocenters. The van der Waals surface area contributed by atoms with Gasteiger partial charge < -0.3 is 16.0 Å². The van der Waals surface area contributed by atoms with Crippen LogP contribution in [0.25, 0.3) is 11.2 Å². The zero-order valence-electron chi connectivity index (χ0n) is 15.8. The SMILES string of the molecule is CC(C)(C)Nc1ncc2nc(Nc3ccc(Cl)cc3)n(C3CCNC3)c2n1. The largest absolute Gasteiger partial charge is 0.350 e. The zero-order valence-corrected chi connectivity index (χ0v) is 16.5. The number of nitrogens with one attached hydrogen (secondary N) is 3. The first-order valence-electron chi connectivity index (χ1n) is 9.15. The van der Waals surface area contributed by atoms with Gasteiger partial charge in [-0.2, -0.15) is 4.98 Å². The molecule has 1 aliphatic heterocycles. The molecule has 8 heteroatoms. The third-order valence-corrected chi connectivity index (χ3v) is 4.67. The Morgan fingerprint density at radius 3 is 2.63 bits per heavy atom. The van der Waals surface area contributed by atoms with Crippen LogP contribution in [0.1, 0.15) is 33.2 Å². The molecule has 2 aromatic heterocycles. The van der Waals surface area contributed by atoms with Gasteiger partial charge in [0.2, 0.25) is 11.9 Å². The van der Waals surface area contributed by atoms with Crippen molar-refractivity contribution in [3.05, 3.63) is 35.5 Å². The number of hydrogen-bond acceptors (Lipinski definition) is 6. The zero-order chi connectivity index (χ0) is 19.0. The molecule has 1 saturated heterocycles. The van der Waals surface area contributed by atoms with Crippen molar-refractivity contribution in [2.75, 3.05) is 23.7 Å². The van der Waals surface area contributed by atoms with E-state index in [1.54, 1.807) is 6.20 Å². The predicted molar refractivity (Wildman–Crippen MR) is 110 cm³/mol. The molecule has 3 N–H and O–H groups in total. The molecule has 0 radical (unpaired) electrons. The molecule has 27 heavy (non-hydrogen) atoms.